The molecule has 86 valence electrons. The molecule has 0 heterocycles. The lowest BCUT2D eigenvalue weighted by molar-refractivity contribution is 0.0946. The van der Waals surface area contributed by atoms with Crippen LogP contribution in [0.25, 0.3) is 0 Å². The Morgan fingerprint density at radius 2 is 2.38 bits per heavy atom. The van der Waals surface area contributed by atoms with Crippen LogP contribution in [0, 0.1) is 5.92 Å². The number of carbonyl (C=O) groups is 1. The lowest BCUT2D eigenvalue weighted by atomic mass is 10.1. The summed E-state index contributed by atoms with van der Waals surface area (Å²) in [6.07, 6.45) is 2.11. The molecule has 2 atom stereocenters. The quantitative estimate of drug-likeness (QED) is 0.533. The molecule has 2 rings (SSSR count). The van der Waals surface area contributed by atoms with Crippen molar-refractivity contribution in [2.24, 2.45) is 5.92 Å². The van der Waals surface area contributed by atoms with E-state index >= 15 is 0 Å². The Labute approximate surface area is 94.5 Å². The number of para-hydroxylation sites is 1. The molecular formula is C12H16N2O2. The molecule has 0 bridgehead atoms. The highest BCUT2D eigenvalue weighted by Gasteiger charge is 2.36. The van der Waals surface area contributed by atoms with Crippen LogP contribution in [0.4, 0.5) is 5.69 Å². The van der Waals surface area contributed by atoms with Crippen LogP contribution in [0.3, 0.4) is 0 Å². The molecule has 0 aliphatic heterocycles. The van der Waals surface area contributed by atoms with Crippen LogP contribution in [0.15, 0.2) is 18.2 Å². The van der Waals surface area contributed by atoms with Gasteiger partial charge in [0.05, 0.1) is 11.3 Å². The van der Waals surface area contributed by atoms with Crippen molar-refractivity contribution in [3.63, 3.8) is 0 Å². The van der Waals surface area contributed by atoms with Gasteiger partial charge < -0.3 is 16.2 Å². The topological polar surface area (TPSA) is 75.4 Å². The Morgan fingerprint density at radius 1 is 1.62 bits per heavy atom. The zero-order valence-electron chi connectivity index (χ0n) is 9.23. The SMILES string of the molecule is CCC1CC1NC(=O)c1cccc(N)c1O. The molecule has 0 saturated heterocycles. The number of benzene rings is 1. The molecule has 0 spiro atoms. The van der Waals surface area contributed by atoms with Gasteiger partial charge in [0, 0.05) is 6.04 Å². The van der Waals surface area contributed by atoms with E-state index in [4.69, 9.17) is 5.73 Å². The molecular weight excluding hydrogens is 204 g/mol. The molecule has 2 unspecified atom stereocenters. The number of phenolic OH excluding ortho intramolecular Hbond substituents is 1. The van der Waals surface area contributed by atoms with Crippen molar-refractivity contribution in [3.05, 3.63) is 23.8 Å². The molecule has 1 aromatic rings. The average molecular weight is 220 g/mol. The Kier molecular flexibility index (Phi) is 2.73. The van der Waals surface area contributed by atoms with Gasteiger partial charge in [0.1, 0.15) is 0 Å². The fourth-order valence-electron chi connectivity index (χ4n) is 1.87. The first-order chi connectivity index (χ1) is 7.63. The third kappa shape index (κ3) is 1.96. The van der Waals surface area contributed by atoms with Crippen molar-refractivity contribution >= 4 is 11.6 Å². The van der Waals surface area contributed by atoms with E-state index in [0.717, 1.165) is 12.8 Å². The molecule has 1 aliphatic rings. The molecule has 1 amide bonds. The smallest absolute Gasteiger partial charge is 0.255 e. The van der Waals surface area contributed by atoms with Crippen LogP contribution in [0.1, 0.15) is 30.1 Å². The number of hydrogen-bond acceptors (Lipinski definition) is 3. The van der Waals surface area contributed by atoms with Gasteiger partial charge in [0.2, 0.25) is 0 Å². The van der Waals surface area contributed by atoms with Crippen LogP contribution < -0.4 is 11.1 Å². The second kappa shape index (κ2) is 4.04. The Hall–Kier alpha value is -1.71. The van der Waals surface area contributed by atoms with E-state index in [1.54, 1.807) is 18.2 Å². The summed E-state index contributed by atoms with van der Waals surface area (Å²) in [4.78, 5) is 11.8. The molecule has 4 N–H and O–H groups in total. The largest absolute Gasteiger partial charge is 0.505 e. The fraction of sp³-hybridized carbons (Fsp3) is 0.417. The molecule has 0 radical (unpaired) electrons. The third-order valence-corrected chi connectivity index (χ3v) is 3.08. The number of anilines is 1. The minimum Gasteiger partial charge on any atom is -0.505 e. The van der Waals surface area contributed by atoms with Gasteiger partial charge in [-0.1, -0.05) is 19.4 Å². The second-order valence-corrected chi connectivity index (χ2v) is 4.23. The molecule has 1 aliphatic carbocycles. The number of nitrogens with one attached hydrogen (secondary N) is 1. The van der Waals surface area contributed by atoms with E-state index in [2.05, 4.69) is 12.2 Å². The van der Waals surface area contributed by atoms with E-state index in [1.807, 2.05) is 0 Å². The van der Waals surface area contributed by atoms with Crippen LogP contribution in [-0.4, -0.2) is 17.1 Å². The number of nitrogens with two attached hydrogens (primary N) is 1. The van der Waals surface area contributed by atoms with Crippen LogP contribution in [-0.2, 0) is 0 Å². The number of amides is 1. The van der Waals surface area contributed by atoms with Crippen molar-refractivity contribution in [1.82, 2.24) is 5.32 Å². The summed E-state index contributed by atoms with van der Waals surface area (Å²) in [5.41, 5.74) is 6.01. The van der Waals surface area contributed by atoms with Crippen LogP contribution in [0.5, 0.6) is 5.75 Å². The normalized spacial score (nSPS) is 22.8. The Balaban J connectivity index is 2.07. The van der Waals surface area contributed by atoms with Crippen LogP contribution >= 0.6 is 0 Å². The maximum absolute atomic E-state index is 11.8. The van der Waals surface area contributed by atoms with Crippen molar-refractivity contribution in [2.75, 3.05) is 5.73 Å². The molecule has 16 heavy (non-hydrogen) atoms. The monoisotopic (exact) mass is 220 g/mol. The zero-order chi connectivity index (χ0) is 11.7. The highest BCUT2D eigenvalue weighted by atomic mass is 16.3. The van der Waals surface area contributed by atoms with Gasteiger partial charge in [-0.3, -0.25) is 4.79 Å². The van der Waals surface area contributed by atoms with E-state index in [-0.39, 0.29) is 28.9 Å². The number of nitrogen functional groups attached to an aromatic ring is 1. The maximum atomic E-state index is 11.8. The van der Waals surface area contributed by atoms with Crippen molar-refractivity contribution in [3.8, 4) is 5.75 Å². The Morgan fingerprint density at radius 3 is 3.00 bits per heavy atom. The standard InChI is InChI=1S/C12H16N2O2/c1-2-7-6-10(7)14-12(16)8-4-3-5-9(13)11(8)15/h3-5,7,10,15H,2,6,13H2,1H3,(H,14,16). The third-order valence-electron chi connectivity index (χ3n) is 3.08. The molecule has 0 aromatic heterocycles. The number of phenols is 1. The van der Waals surface area contributed by atoms with Crippen molar-refractivity contribution < 1.29 is 9.90 Å². The molecule has 1 aromatic carbocycles. The highest BCUT2D eigenvalue weighted by Crippen LogP contribution is 2.34. The molecule has 4 nitrogen and oxygen atoms in total. The Bertz CT molecular complexity index is 417. The predicted molar refractivity (Wildman–Crippen MR) is 62.2 cm³/mol. The highest BCUT2D eigenvalue weighted by molar-refractivity contribution is 5.98. The zero-order valence-corrected chi connectivity index (χ0v) is 9.23. The maximum Gasteiger partial charge on any atom is 0.255 e. The van der Waals surface area contributed by atoms with Gasteiger partial charge in [-0.25, -0.2) is 0 Å². The molecule has 1 fully saturated rings. The minimum absolute atomic E-state index is 0.131. The number of rotatable bonds is 3. The van der Waals surface area contributed by atoms with Gasteiger partial charge in [-0.05, 0) is 24.5 Å². The number of carbonyl (C=O) groups excluding carboxylic acids is 1. The van der Waals surface area contributed by atoms with Gasteiger partial charge in [-0.15, -0.1) is 0 Å². The molecule has 4 heteroatoms. The van der Waals surface area contributed by atoms with Crippen LogP contribution in [0.2, 0.25) is 0 Å². The minimum atomic E-state index is -0.245. The first-order valence-electron chi connectivity index (χ1n) is 5.51. The second-order valence-electron chi connectivity index (χ2n) is 4.23. The van der Waals surface area contributed by atoms with E-state index in [1.165, 1.54) is 0 Å². The number of aromatic hydroxyl groups is 1. The summed E-state index contributed by atoms with van der Waals surface area (Å²) < 4.78 is 0. The van der Waals surface area contributed by atoms with E-state index < -0.39 is 0 Å². The number of hydrogen-bond donors (Lipinski definition) is 3. The van der Waals surface area contributed by atoms with Crippen molar-refractivity contribution in [2.45, 2.75) is 25.8 Å². The van der Waals surface area contributed by atoms with Gasteiger partial charge in [0.25, 0.3) is 5.91 Å². The summed E-state index contributed by atoms with van der Waals surface area (Å²) >= 11 is 0. The van der Waals surface area contributed by atoms with Gasteiger partial charge >= 0.3 is 0 Å². The van der Waals surface area contributed by atoms with Gasteiger partial charge in [0.15, 0.2) is 5.75 Å². The first kappa shape index (κ1) is 10.8. The van der Waals surface area contributed by atoms with Gasteiger partial charge in [-0.2, -0.15) is 0 Å². The summed E-state index contributed by atoms with van der Waals surface area (Å²) in [6.45, 7) is 2.11. The predicted octanol–water partition coefficient (Wildman–Crippen LogP) is 1.50. The fourth-order valence-corrected chi connectivity index (χ4v) is 1.87. The average Bonchev–Trinajstić information content (AvgIpc) is 3.00. The lowest BCUT2D eigenvalue weighted by Crippen LogP contribution is -2.26. The van der Waals surface area contributed by atoms with Crippen molar-refractivity contribution in [1.29, 1.82) is 0 Å². The molecule has 1 saturated carbocycles. The summed E-state index contributed by atoms with van der Waals surface area (Å²) in [7, 11) is 0. The summed E-state index contributed by atoms with van der Waals surface area (Å²) in [6, 6.07) is 5.06. The lowest BCUT2D eigenvalue weighted by Gasteiger charge is -2.07. The summed E-state index contributed by atoms with van der Waals surface area (Å²) in [5, 5.41) is 12.5. The summed E-state index contributed by atoms with van der Waals surface area (Å²) in [5.74, 6) is 0.214. The first-order valence-corrected chi connectivity index (χ1v) is 5.51. The van der Waals surface area contributed by atoms with E-state index in [0.29, 0.717) is 5.92 Å². The van der Waals surface area contributed by atoms with E-state index in [9.17, 15) is 9.90 Å².